The van der Waals surface area contributed by atoms with Crippen LogP contribution in [-0.4, -0.2) is 41.0 Å². The smallest absolute Gasteiger partial charge is 0.203 e. The van der Waals surface area contributed by atoms with Gasteiger partial charge in [-0.3, -0.25) is 0 Å². The Labute approximate surface area is 273 Å². The number of hydrogen-bond acceptors (Lipinski definition) is 7. The van der Waals surface area contributed by atoms with Gasteiger partial charge in [-0.25, -0.2) is 0 Å². The molecule has 0 heterocycles. The van der Waals surface area contributed by atoms with Crippen molar-refractivity contribution in [1.82, 2.24) is 0 Å². The topological polar surface area (TPSA) is 85.4 Å². The van der Waals surface area contributed by atoms with Gasteiger partial charge in [0.05, 0.1) is 45.5 Å². The second-order valence-corrected chi connectivity index (χ2v) is 12.0. The lowest BCUT2D eigenvalue weighted by Gasteiger charge is -2.28. The van der Waals surface area contributed by atoms with Crippen molar-refractivity contribution in [3.63, 3.8) is 0 Å². The minimum absolute atomic E-state index is 0.0672. The summed E-state index contributed by atoms with van der Waals surface area (Å²) in [6.07, 6.45) is 17.9. The molecule has 0 fully saturated rings. The highest BCUT2D eigenvalue weighted by molar-refractivity contribution is 5.53. The number of azo groups is 1. The Morgan fingerprint density at radius 3 is 1.96 bits per heavy atom. The van der Waals surface area contributed by atoms with E-state index in [-0.39, 0.29) is 6.04 Å². The van der Waals surface area contributed by atoms with Gasteiger partial charge < -0.3 is 18.9 Å². The van der Waals surface area contributed by atoms with Gasteiger partial charge in [-0.15, -0.1) is 0 Å². The van der Waals surface area contributed by atoms with Crippen LogP contribution in [0.1, 0.15) is 121 Å². The molecule has 2 aromatic rings. The average molecular weight is 622 g/mol. The van der Waals surface area contributed by atoms with Crippen LogP contribution in [0.15, 0.2) is 46.6 Å². The average Bonchev–Trinajstić information content (AvgIpc) is 3.06. The summed E-state index contributed by atoms with van der Waals surface area (Å²) < 4.78 is 22.4. The molecule has 0 radical (unpaired) electrons. The Morgan fingerprint density at radius 1 is 0.778 bits per heavy atom. The third-order valence-electron chi connectivity index (χ3n) is 8.78. The second-order valence-electron chi connectivity index (χ2n) is 12.0. The molecule has 0 aliphatic heterocycles. The lowest BCUT2D eigenvalue weighted by atomic mass is 9.73. The molecule has 0 aromatic heterocycles. The fourth-order valence-electron chi connectivity index (χ4n) is 6.23. The van der Waals surface area contributed by atoms with Crippen LogP contribution in [0.4, 0.5) is 0 Å². The lowest BCUT2D eigenvalue weighted by Crippen LogP contribution is -2.25. The number of benzene rings is 2. The van der Waals surface area contributed by atoms with E-state index in [4.69, 9.17) is 18.9 Å². The van der Waals surface area contributed by atoms with Crippen LogP contribution < -0.4 is 18.9 Å². The largest absolute Gasteiger partial charge is 0.494 e. The van der Waals surface area contributed by atoms with Crippen LogP contribution in [0.3, 0.4) is 0 Å². The number of methoxy groups -OCH3 is 3. The van der Waals surface area contributed by atoms with E-state index in [0.29, 0.717) is 23.9 Å². The van der Waals surface area contributed by atoms with Crippen molar-refractivity contribution in [2.75, 3.05) is 35.0 Å². The molecule has 0 aliphatic carbocycles. The summed E-state index contributed by atoms with van der Waals surface area (Å²) in [5.41, 5.74) is 1.62. The second kappa shape index (κ2) is 22.3. The minimum atomic E-state index is -0.544. The van der Waals surface area contributed by atoms with Crippen molar-refractivity contribution in [1.29, 1.82) is 5.26 Å². The first-order valence-corrected chi connectivity index (χ1v) is 17.2. The maximum atomic E-state index is 10.7. The Hall–Kier alpha value is -3.27. The van der Waals surface area contributed by atoms with E-state index in [1.165, 1.54) is 57.8 Å². The van der Waals surface area contributed by atoms with Crippen LogP contribution >= 0.6 is 0 Å². The van der Waals surface area contributed by atoms with Crippen molar-refractivity contribution >= 4 is 0 Å². The first-order chi connectivity index (χ1) is 22.0. The van der Waals surface area contributed by atoms with E-state index in [0.717, 1.165) is 61.8 Å². The molecule has 7 nitrogen and oxygen atoms in total. The zero-order valence-electron chi connectivity index (χ0n) is 29.0. The molecule has 0 saturated heterocycles. The summed E-state index contributed by atoms with van der Waals surface area (Å²) in [5, 5.41) is 19.4. The highest BCUT2D eigenvalue weighted by Crippen LogP contribution is 2.39. The standard InChI is InChI=1S/C38H59N3O4/c1-7-9-10-11-12-13-14-15-16-17-25-38(30-39,32-20-18-22-34(29-32)45-8-2)26-19-21-33(41-40-3)24-23-31-27-35(42-4)37(44-6)36(28-31)43-5/h18,20,22,27-29,33H,7-17,19,21,23-26H2,1-6H3. The Kier molecular flexibility index (Phi) is 18.8. The maximum absolute atomic E-state index is 10.7. The molecule has 0 aliphatic rings. The molecule has 2 atom stereocenters. The van der Waals surface area contributed by atoms with Crippen LogP contribution in [0.25, 0.3) is 0 Å². The van der Waals surface area contributed by atoms with E-state index in [1.54, 1.807) is 28.4 Å². The monoisotopic (exact) mass is 621 g/mol. The van der Waals surface area contributed by atoms with Crippen molar-refractivity contribution in [2.45, 2.75) is 128 Å². The van der Waals surface area contributed by atoms with E-state index in [2.05, 4.69) is 35.4 Å². The number of aryl methyl sites for hydroxylation is 1. The molecule has 0 spiro atoms. The van der Waals surface area contributed by atoms with Crippen LogP contribution in [0.5, 0.6) is 23.0 Å². The minimum Gasteiger partial charge on any atom is -0.494 e. The Bertz CT molecular complexity index is 1140. The predicted octanol–water partition coefficient (Wildman–Crippen LogP) is 10.4. The van der Waals surface area contributed by atoms with Gasteiger partial charge in [-0.1, -0.05) is 83.3 Å². The molecule has 2 rings (SSSR count). The summed E-state index contributed by atoms with van der Waals surface area (Å²) in [4.78, 5) is 0. The van der Waals surface area contributed by atoms with Gasteiger partial charge in [-0.05, 0) is 80.8 Å². The highest BCUT2D eigenvalue weighted by atomic mass is 16.5. The molecule has 2 aromatic carbocycles. The molecular weight excluding hydrogens is 562 g/mol. The molecule has 0 amide bonds. The number of unbranched alkanes of at least 4 members (excludes halogenated alkanes) is 9. The van der Waals surface area contributed by atoms with Gasteiger partial charge in [0.2, 0.25) is 5.75 Å². The van der Waals surface area contributed by atoms with Crippen LogP contribution in [0, 0.1) is 11.3 Å². The first-order valence-electron chi connectivity index (χ1n) is 17.2. The van der Waals surface area contributed by atoms with Crippen molar-refractivity contribution < 1.29 is 18.9 Å². The van der Waals surface area contributed by atoms with E-state index in [9.17, 15) is 5.26 Å². The van der Waals surface area contributed by atoms with Crippen molar-refractivity contribution in [3.05, 3.63) is 47.5 Å². The van der Waals surface area contributed by atoms with E-state index >= 15 is 0 Å². The summed E-state index contributed by atoms with van der Waals surface area (Å²) >= 11 is 0. The van der Waals surface area contributed by atoms with Crippen molar-refractivity contribution in [2.24, 2.45) is 10.2 Å². The Morgan fingerprint density at radius 2 is 1.40 bits per heavy atom. The van der Waals surface area contributed by atoms with Crippen LogP contribution in [-0.2, 0) is 11.8 Å². The summed E-state index contributed by atoms with van der Waals surface area (Å²) in [6.45, 7) is 4.87. The number of nitrogens with zero attached hydrogens (tertiary/aromatic N) is 3. The number of rotatable bonds is 25. The quantitative estimate of drug-likeness (QED) is 0.0813. The normalized spacial score (nSPS) is 13.3. The van der Waals surface area contributed by atoms with E-state index < -0.39 is 5.41 Å². The summed E-state index contributed by atoms with van der Waals surface area (Å²) in [6, 6.07) is 15.0. The van der Waals surface area contributed by atoms with Gasteiger partial charge in [0.25, 0.3) is 0 Å². The van der Waals surface area contributed by atoms with Crippen LogP contribution in [0.2, 0.25) is 0 Å². The third kappa shape index (κ3) is 12.9. The lowest BCUT2D eigenvalue weighted by molar-refractivity contribution is 0.323. The van der Waals surface area contributed by atoms with Crippen molar-refractivity contribution in [3.8, 4) is 29.1 Å². The predicted molar refractivity (Wildman–Crippen MR) is 184 cm³/mol. The van der Waals surface area contributed by atoms with Gasteiger partial charge >= 0.3 is 0 Å². The molecule has 45 heavy (non-hydrogen) atoms. The zero-order chi connectivity index (χ0) is 32.8. The summed E-state index contributed by atoms with van der Waals surface area (Å²) in [7, 11) is 6.62. The summed E-state index contributed by atoms with van der Waals surface area (Å²) in [5.74, 6) is 2.74. The van der Waals surface area contributed by atoms with Gasteiger partial charge in [0, 0.05) is 7.05 Å². The Balaban J connectivity index is 2.06. The fraction of sp³-hybridized carbons (Fsp3) is 0.658. The maximum Gasteiger partial charge on any atom is 0.203 e. The zero-order valence-corrected chi connectivity index (χ0v) is 29.0. The van der Waals surface area contributed by atoms with Gasteiger partial charge in [0.15, 0.2) is 11.5 Å². The molecule has 2 unspecified atom stereocenters. The van der Waals surface area contributed by atoms with Gasteiger partial charge in [0.1, 0.15) is 5.75 Å². The molecule has 7 heteroatoms. The fourth-order valence-corrected chi connectivity index (χ4v) is 6.23. The number of nitriles is 1. The number of hydrogen-bond donors (Lipinski definition) is 0. The first kappa shape index (κ1) is 37.9. The molecule has 0 N–H and O–H groups in total. The van der Waals surface area contributed by atoms with Gasteiger partial charge in [-0.2, -0.15) is 15.5 Å². The SMILES string of the molecule is CCCCCCCCCCCCC(C#N)(CCCC(CCc1cc(OC)c(OC)c(OC)c1)N=NC)c1cccc(OCC)c1. The molecule has 0 saturated carbocycles. The third-order valence-corrected chi connectivity index (χ3v) is 8.78. The molecule has 250 valence electrons. The molecular formula is C38H59N3O4. The van der Waals surface area contributed by atoms with E-state index in [1.807, 2.05) is 31.2 Å². The number of ether oxygens (including phenoxy) is 4. The highest BCUT2D eigenvalue weighted by Gasteiger charge is 2.32. The molecule has 0 bridgehead atoms.